The number of nitrogens with zero attached hydrogens (tertiary/aromatic N) is 2. The molecule has 30 heavy (non-hydrogen) atoms. The van der Waals surface area contributed by atoms with Gasteiger partial charge in [0.1, 0.15) is 0 Å². The van der Waals surface area contributed by atoms with Crippen molar-refractivity contribution in [2.24, 2.45) is 5.92 Å². The van der Waals surface area contributed by atoms with Gasteiger partial charge in [-0.15, -0.1) is 0 Å². The first-order valence-corrected chi connectivity index (χ1v) is 9.95. The van der Waals surface area contributed by atoms with Crippen molar-refractivity contribution in [2.45, 2.75) is 26.2 Å². The van der Waals surface area contributed by atoms with Crippen molar-refractivity contribution in [3.63, 3.8) is 0 Å². The summed E-state index contributed by atoms with van der Waals surface area (Å²) in [6.45, 7) is 2.73. The van der Waals surface area contributed by atoms with E-state index in [0.29, 0.717) is 41.4 Å². The van der Waals surface area contributed by atoms with Crippen molar-refractivity contribution in [2.75, 3.05) is 25.2 Å². The van der Waals surface area contributed by atoms with Crippen LogP contribution in [0.3, 0.4) is 0 Å². The standard InChI is InChI=1S/C22H23N3O5/c1-14(26)17-10-19-20(30-13-29-19)11-18(17)24-21(27)9-15-3-2-8-25(12-15)22(28)16-4-6-23-7-5-16/h4-7,10-11,15H,2-3,8-9,12-13H2,1H3,(H,24,27). The van der Waals surface area contributed by atoms with E-state index in [-0.39, 0.29) is 36.7 Å². The highest BCUT2D eigenvalue weighted by Gasteiger charge is 2.27. The van der Waals surface area contributed by atoms with E-state index in [2.05, 4.69) is 10.3 Å². The molecule has 2 aliphatic rings. The zero-order valence-corrected chi connectivity index (χ0v) is 16.7. The van der Waals surface area contributed by atoms with Crippen LogP contribution >= 0.6 is 0 Å². The molecular formula is C22H23N3O5. The average Bonchev–Trinajstić information content (AvgIpc) is 3.20. The number of amides is 2. The number of ketones is 1. The predicted molar refractivity (Wildman–Crippen MR) is 109 cm³/mol. The molecule has 8 nitrogen and oxygen atoms in total. The summed E-state index contributed by atoms with van der Waals surface area (Å²) in [7, 11) is 0. The highest BCUT2D eigenvalue weighted by molar-refractivity contribution is 6.04. The molecule has 1 fully saturated rings. The lowest BCUT2D eigenvalue weighted by atomic mass is 9.94. The molecule has 2 aliphatic heterocycles. The van der Waals surface area contributed by atoms with Crippen molar-refractivity contribution in [3.8, 4) is 11.5 Å². The van der Waals surface area contributed by atoms with Crippen LogP contribution in [0.2, 0.25) is 0 Å². The van der Waals surface area contributed by atoms with E-state index in [1.54, 1.807) is 41.6 Å². The topological polar surface area (TPSA) is 97.8 Å². The highest BCUT2D eigenvalue weighted by Crippen LogP contribution is 2.37. The first-order chi connectivity index (χ1) is 14.5. The number of carbonyl (C=O) groups excluding carboxylic acids is 3. The molecule has 0 aliphatic carbocycles. The van der Waals surface area contributed by atoms with Crippen LogP contribution < -0.4 is 14.8 Å². The van der Waals surface area contributed by atoms with Gasteiger partial charge >= 0.3 is 0 Å². The molecule has 0 spiro atoms. The molecule has 0 radical (unpaired) electrons. The second-order valence-corrected chi connectivity index (χ2v) is 7.55. The molecule has 1 aromatic carbocycles. The first kappa shape index (κ1) is 19.9. The number of aromatic nitrogens is 1. The molecule has 1 aromatic heterocycles. The smallest absolute Gasteiger partial charge is 0.253 e. The summed E-state index contributed by atoms with van der Waals surface area (Å²) in [5, 5.41) is 2.84. The number of fused-ring (bicyclic) bond motifs is 1. The number of Topliss-reactive ketones (excluding diaryl/α,β-unsaturated/α-hetero) is 1. The van der Waals surface area contributed by atoms with Gasteiger partial charge in [-0.05, 0) is 43.9 Å². The largest absolute Gasteiger partial charge is 0.454 e. The summed E-state index contributed by atoms with van der Waals surface area (Å²) < 4.78 is 10.7. The molecule has 8 heteroatoms. The van der Waals surface area contributed by atoms with E-state index in [4.69, 9.17) is 9.47 Å². The summed E-state index contributed by atoms with van der Waals surface area (Å²) in [5.74, 6) is 0.643. The minimum Gasteiger partial charge on any atom is -0.454 e. The molecule has 156 valence electrons. The maximum absolute atomic E-state index is 12.7. The number of hydrogen-bond acceptors (Lipinski definition) is 6. The second-order valence-electron chi connectivity index (χ2n) is 7.55. The zero-order valence-electron chi connectivity index (χ0n) is 16.7. The number of hydrogen-bond donors (Lipinski definition) is 1. The van der Waals surface area contributed by atoms with E-state index in [0.717, 1.165) is 12.8 Å². The van der Waals surface area contributed by atoms with Crippen LogP contribution in [0, 0.1) is 5.92 Å². The predicted octanol–water partition coefficient (Wildman–Crippen LogP) is 2.89. The Hall–Kier alpha value is -3.42. The van der Waals surface area contributed by atoms with Gasteiger partial charge in [0.05, 0.1) is 5.69 Å². The zero-order chi connectivity index (χ0) is 21.1. The number of rotatable bonds is 5. The fraction of sp³-hybridized carbons (Fsp3) is 0.364. The van der Waals surface area contributed by atoms with Gasteiger partial charge in [-0.2, -0.15) is 0 Å². The molecule has 2 aromatic rings. The number of pyridine rings is 1. The third-order valence-corrected chi connectivity index (χ3v) is 5.37. The maximum atomic E-state index is 12.7. The van der Waals surface area contributed by atoms with Gasteiger partial charge in [-0.3, -0.25) is 19.4 Å². The van der Waals surface area contributed by atoms with Gasteiger partial charge in [0, 0.05) is 49.1 Å². The monoisotopic (exact) mass is 409 g/mol. The molecule has 1 unspecified atom stereocenters. The Morgan fingerprint density at radius 3 is 2.63 bits per heavy atom. The fourth-order valence-corrected chi connectivity index (χ4v) is 3.89. The molecule has 2 amide bonds. The van der Waals surface area contributed by atoms with E-state index < -0.39 is 0 Å². The van der Waals surface area contributed by atoms with E-state index in [1.807, 2.05) is 0 Å². The molecule has 1 N–H and O–H groups in total. The molecule has 1 atom stereocenters. The quantitative estimate of drug-likeness (QED) is 0.763. The van der Waals surface area contributed by atoms with Gasteiger partial charge in [0.2, 0.25) is 12.7 Å². The van der Waals surface area contributed by atoms with Crippen LogP contribution in [0.5, 0.6) is 11.5 Å². The molecule has 3 heterocycles. The summed E-state index contributed by atoms with van der Waals surface area (Å²) in [6.07, 6.45) is 5.18. The van der Waals surface area contributed by atoms with Crippen LogP contribution in [0.25, 0.3) is 0 Å². The van der Waals surface area contributed by atoms with Crippen molar-refractivity contribution in [1.82, 2.24) is 9.88 Å². The van der Waals surface area contributed by atoms with Crippen LogP contribution in [0.1, 0.15) is 46.9 Å². The number of nitrogens with one attached hydrogen (secondary N) is 1. The van der Waals surface area contributed by atoms with E-state index in [9.17, 15) is 14.4 Å². The minimum atomic E-state index is -0.195. The van der Waals surface area contributed by atoms with E-state index in [1.165, 1.54) is 6.92 Å². The highest BCUT2D eigenvalue weighted by atomic mass is 16.7. The fourth-order valence-electron chi connectivity index (χ4n) is 3.89. The maximum Gasteiger partial charge on any atom is 0.253 e. The van der Waals surface area contributed by atoms with Crippen molar-refractivity contribution in [3.05, 3.63) is 47.8 Å². The van der Waals surface area contributed by atoms with Crippen LogP contribution in [0.15, 0.2) is 36.7 Å². The number of benzene rings is 1. The number of carbonyl (C=O) groups is 3. The summed E-state index contributed by atoms with van der Waals surface area (Å²) >= 11 is 0. The lowest BCUT2D eigenvalue weighted by Crippen LogP contribution is -2.40. The minimum absolute atomic E-state index is 0.0443. The van der Waals surface area contributed by atoms with Crippen LogP contribution in [-0.4, -0.2) is 47.4 Å². The Bertz CT molecular complexity index is 976. The second kappa shape index (κ2) is 8.52. The van der Waals surface area contributed by atoms with Gasteiger partial charge in [-0.1, -0.05) is 0 Å². The third kappa shape index (κ3) is 4.27. The summed E-state index contributed by atoms with van der Waals surface area (Å²) in [5.41, 5.74) is 1.39. The number of anilines is 1. The van der Waals surface area contributed by atoms with Gasteiger partial charge in [0.15, 0.2) is 17.3 Å². The Balaban J connectivity index is 1.41. The lowest BCUT2D eigenvalue weighted by Gasteiger charge is -2.32. The van der Waals surface area contributed by atoms with Gasteiger partial charge < -0.3 is 19.7 Å². The lowest BCUT2D eigenvalue weighted by molar-refractivity contribution is -0.117. The number of piperidine rings is 1. The SMILES string of the molecule is CC(=O)c1cc2c(cc1NC(=O)CC1CCCN(C(=O)c3ccncc3)C1)OCO2. The molecule has 4 rings (SSSR count). The van der Waals surface area contributed by atoms with E-state index >= 15 is 0 Å². The average molecular weight is 409 g/mol. The Morgan fingerprint density at radius 2 is 1.90 bits per heavy atom. The molecule has 1 saturated heterocycles. The number of ether oxygens (including phenoxy) is 2. The summed E-state index contributed by atoms with van der Waals surface area (Å²) in [6, 6.07) is 6.61. The summed E-state index contributed by atoms with van der Waals surface area (Å²) in [4.78, 5) is 43.1. The van der Waals surface area contributed by atoms with Gasteiger partial charge in [0.25, 0.3) is 5.91 Å². The van der Waals surface area contributed by atoms with Gasteiger partial charge in [-0.25, -0.2) is 0 Å². The normalized spacial score (nSPS) is 17.5. The van der Waals surface area contributed by atoms with Crippen LogP contribution in [0.4, 0.5) is 5.69 Å². The van der Waals surface area contributed by atoms with Crippen molar-refractivity contribution >= 4 is 23.3 Å². The molecular weight excluding hydrogens is 386 g/mol. The molecule has 0 saturated carbocycles. The van der Waals surface area contributed by atoms with Crippen LogP contribution in [-0.2, 0) is 4.79 Å². The van der Waals surface area contributed by atoms with Crippen molar-refractivity contribution in [1.29, 1.82) is 0 Å². The van der Waals surface area contributed by atoms with Crippen molar-refractivity contribution < 1.29 is 23.9 Å². The molecule has 0 bridgehead atoms. The Morgan fingerprint density at radius 1 is 1.17 bits per heavy atom. The Kier molecular flexibility index (Phi) is 5.65. The first-order valence-electron chi connectivity index (χ1n) is 9.95. The third-order valence-electron chi connectivity index (χ3n) is 5.37. The number of likely N-dealkylation sites (tertiary alicyclic amines) is 1. The Labute approximate surface area is 174 Å².